The van der Waals surface area contributed by atoms with E-state index >= 15 is 0 Å². The molecule has 0 amide bonds. The molecule has 1 heterocycles. The predicted molar refractivity (Wildman–Crippen MR) is 46.8 cm³/mol. The molecule has 3 N–H and O–H groups in total. The molecule has 12 heavy (non-hydrogen) atoms. The van der Waals surface area contributed by atoms with Crippen LogP contribution in [0.4, 0.5) is 0 Å². The Morgan fingerprint density at radius 1 is 1.75 bits per heavy atom. The van der Waals surface area contributed by atoms with Crippen molar-refractivity contribution in [3.05, 3.63) is 11.9 Å². The van der Waals surface area contributed by atoms with Gasteiger partial charge in [0, 0.05) is 6.54 Å². The maximum atomic E-state index is 5.62. The van der Waals surface area contributed by atoms with Gasteiger partial charge in [0.05, 0.1) is 6.20 Å². The molecule has 66 valence electrons. The molecule has 5 nitrogen and oxygen atoms in total. The topological polar surface area (TPSA) is 80.0 Å². The van der Waals surface area contributed by atoms with Crippen LogP contribution >= 0.6 is 0 Å². The van der Waals surface area contributed by atoms with Gasteiger partial charge in [-0.2, -0.15) is 15.4 Å². The quantitative estimate of drug-likeness (QED) is 0.497. The molecule has 0 radical (unpaired) electrons. The Morgan fingerprint density at radius 3 is 3.00 bits per heavy atom. The molecule has 0 unspecified atom stereocenters. The zero-order valence-corrected chi connectivity index (χ0v) is 7.28. The van der Waals surface area contributed by atoms with E-state index in [4.69, 9.17) is 5.73 Å². The molecule has 5 heteroatoms. The van der Waals surface area contributed by atoms with Crippen molar-refractivity contribution in [2.75, 3.05) is 6.54 Å². The first kappa shape index (κ1) is 8.70. The van der Waals surface area contributed by atoms with Gasteiger partial charge in [0.25, 0.3) is 0 Å². The summed E-state index contributed by atoms with van der Waals surface area (Å²) in [5.41, 5.74) is 6.22. The molecule has 0 spiro atoms. The van der Waals surface area contributed by atoms with Gasteiger partial charge in [-0.25, -0.2) is 0 Å². The number of aromatic nitrogens is 3. The van der Waals surface area contributed by atoms with E-state index < -0.39 is 0 Å². The van der Waals surface area contributed by atoms with E-state index in [0.717, 1.165) is 6.54 Å². The molecule has 0 saturated heterocycles. The summed E-state index contributed by atoms with van der Waals surface area (Å²) in [6.45, 7) is 4.89. The van der Waals surface area contributed by atoms with Crippen molar-refractivity contribution >= 4 is 5.84 Å². The number of amidine groups is 1. The van der Waals surface area contributed by atoms with Crippen molar-refractivity contribution in [1.29, 1.82) is 0 Å². The number of aromatic amines is 1. The van der Waals surface area contributed by atoms with Crippen LogP contribution in [0.25, 0.3) is 0 Å². The molecule has 0 saturated carbocycles. The fraction of sp³-hybridized carbons (Fsp3) is 0.571. The highest BCUT2D eigenvalue weighted by Crippen LogP contribution is 1.94. The molecule has 0 aliphatic carbocycles. The number of aliphatic imine (C=N–C) groups is 1. The average molecular weight is 167 g/mol. The van der Waals surface area contributed by atoms with E-state index in [1.54, 1.807) is 6.20 Å². The molecular formula is C7H13N5. The minimum atomic E-state index is 0.442. The van der Waals surface area contributed by atoms with E-state index in [1.807, 2.05) is 0 Å². The van der Waals surface area contributed by atoms with Crippen molar-refractivity contribution in [1.82, 2.24) is 15.4 Å². The zero-order chi connectivity index (χ0) is 8.97. The molecule has 0 bridgehead atoms. The Kier molecular flexibility index (Phi) is 2.79. The minimum Gasteiger partial charge on any atom is -0.382 e. The van der Waals surface area contributed by atoms with Crippen molar-refractivity contribution < 1.29 is 0 Å². The number of nitrogens with zero attached hydrogens (tertiary/aromatic N) is 3. The smallest absolute Gasteiger partial charge is 0.148 e. The third kappa shape index (κ3) is 2.34. The fourth-order valence-corrected chi connectivity index (χ4v) is 0.687. The predicted octanol–water partition coefficient (Wildman–Crippen LogP) is 0.166. The first-order chi connectivity index (χ1) is 5.70. The highest BCUT2D eigenvalue weighted by atomic mass is 15.3. The van der Waals surface area contributed by atoms with E-state index in [2.05, 4.69) is 34.3 Å². The maximum Gasteiger partial charge on any atom is 0.148 e. The van der Waals surface area contributed by atoms with Crippen LogP contribution in [0.2, 0.25) is 0 Å². The lowest BCUT2D eigenvalue weighted by Crippen LogP contribution is -2.15. The van der Waals surface area contributed by atoms with E-state index in [9.17, 15) is 0 Å². The van der Waals surface area contributed by atoms with E-state index in [0.29, 0.717) is 17.4 Å². The van der Waals surface area contributed by atoms with E-state index in [1.165, 1.54) is 0 Å². The van der Waals surface area contributed by atoms with Crippen LogP contribution in [-0.2, 0) is 0 Å². The lowest BCUT2D eigenvalue weighted by atomic mass is 10.2. The number of rotatable bonds is 3. The average Bonchev–Trinajstić information content (AvgIpc) is 2.51. The summed E-state index contributed by atoms with van der Waals surface area (Å²) in [5, 5.41) is 9.91. The van der Waals surface area contributed by atoms with Gasteiger partial charge in [0.15, 0.2) is 0 Å². The van der Waals surface area contributed by atoms with Gasteiger partial charge in [0.1, 0.15) is 11.5 Å². The Balaban J connectivity index is 2.59. The summed E-state index contributed by atoms with van der Waals surface area (Å²) in [6.07, 6.45) is 1.55. The third-order valence-electron chi connectivity index (χ3n) is 1.30. The summed E-state index contributed by atoms with van der Waals surface area (Å²) < 4.78 is 0. The van der Waals surface area contributed by atoms with Gasteiger partial charge >= 0.3 is 0 Å². The maximum absolute atomic E-state index is 5.62. The molecule has 0 aliphatic heterocycles. The summed E-state index contributed by atoms with van der Waals surface area (Å²) in [4.78, 5) is 4.14. The van der Waals surface area contributed by atoms with E-state index in [-0.39, 0.29) is 0 Å². The van der Waals surface area contributed by atoms with Gasteiger partial charge in [0.2, 0.25) is 0 Å². The lowest BCUT2D eigenvalue weighted by Gasteiger charge is -1.98. The van der Waals surface area contributed by atoms with Crippen molar-refractivity contribution in [3.8, 4) is 0 Å². The van der Waals surface area contributed by atoms with Gasteiger partial charge in [-0.15, -0.1) is 0 Å². The summed E-state index contributed by atoms with van der Waals surface area (Å²) >= 11 is 0. The van der Waals surface area contributed by atoms with Crippen LogP contribution in [0.15, 0.2) is 11.2 Å². The summed E-state index contributed by atoms with van der Waals surface area (Å²) in [5.74, 6) is 0.952. The lowest BCUT2D eigenvalue weighted by molar-refractivity contribution is 0.665. The number of hydrogen-bond acceptors (Lipinski definition) is 3. The Bertz CT molecular complexity index is 249. The normalized spacial score (nSPS) is 12.4. The first-order valence-electron chi connectivity index (χ1n) is 3.86. The van der Waals surface area contributed by atoms with Gasteiger partial charge in [-0.1, -0.05) is 13.8 Å². The Labute approximate surface area is 71.1 Å². The standard InChI is InChI=1S/C7H13N5/c1-5(2)3-9-7(8)6-4-10-12-11-6/h4-5H,3H2,1-2H3,(H2,8,9)(H,10,11,12). The summed E-state index contributed by atoms with van der Waals surface area (Å²) in [6, 6.07) is 0. The zero-order valence-electron chi connectivity index (χ0n) is 7.28. The molecule has 0 aromatic carbocycles. The number of nitrogens with one attached hydrogen (secondary N) is 1. The number of H-pyrrole nitrogens is 1. The van der Waals surface area contributed by atoms with Crippen molar-refractivity contribution in [3.63, 3.8) is 0 Å². The SMILES string of the molecule is CC(C)CN=C(N)c1cn[nH]n1. The van der Waals surface area contributed by atoms with Crippen LogP contribution in [-0.4, -0.2) is 27.8 Å². The highest BCUT2D eigenvalue weighted by molar-refractivity contribution is 5.95. The van der Waals surface area contributed by atoms with Crippen molar-refractivity contribution in [2.45, 2.75) is 13.8 Å². The van der Waals surface area contributed by atoms with Gasteiger partial charge in [-0.05, 0) is 5.92 Å². The Morgan fingerprint density at radius 2 is 2.50 bits per heavy atom. The van der Waals surface area contributed by atoms with Gasteiger partial charge < -0.3 is 5.73 Å². The van der Waals surface area contributed by atoms with Crippen molar-refractivity contribution in [2.24, 2.45) is 16.6 Å². The van der Waals surface area contributed by atoms with Crippen LogP contribution in [0.5, 0.6) is 0 Å². The second-order valence-electron chi connectivity index (χ2n) is 2.98. The second kappa shape index (κ2) is 3.85. The number of nitrogens with two attached hydrogens (primary N) is 1. The van der Waals surface area contributed by atoms with Gasteiger partial charge in [-0.3, -0.25) is 4.99 Å². The largest absolute Gasteiger partial charge is 0.382 e. The summed E-state index contributed by atoms with van der Waals surface area (Å²) in [7, 11) is 0. The highest BCUT2D eigenvalue weighted by Gasteiger charge is 2.00. The molecule has 0 atom stereocenters. The minimum absolute atomic E-state index is 0.442. The molecule has 1 aromatic rings. The van der Waals surface area contributed by atoms with Crippen LogP contribution < -0.4 is 5.73 Å². The number of hydrogen-bond donors (Lipinski definition) is 2. The molecule has 1 rings (SSSR count). The van der Waals surface area contributed by atoms with Crippen LogP contribution in [0.3, 0.4) is 0 Å². The van der Waals surface area contributed by atoms with Crippen LogP contribution in [0, 0.1) is 5.92 Å². The van der Waals surface area contributed by atoms with Crippen LogP contribution in [0.1, 0.15) is 19.5 Å². The Hall–Kier alpha value is -1.39. The molecule has 0 aliphatic rings. The molecule has 0 fully saturated rings. The first-order valence-corrected chi connectivity index (χ1v) is 3.86. The monoisotopic (exact) mass is 167 g/mol. The molecular weight excluding hydrogens is 154 g/mol. The fourth-order valence-electron chi connectivity index (χ4n) is 0.687. The second-order valence-corrected chi connectivity index (χ2v) is 2.98. The molecule has 1 aromatic heterocycles. The third-order valence-corrected chi connectivity index (χ3v) is 1.30.